The summed E-state index contributed by atoms with van der Waals surface area (Å²) in [5, 5.41) is 3.55. The molecule has 5 heteroatoms. The Morgan fingerprint density at radius 2 is 2.17 bits per heavy atom. The first kappa shape index (κ1) is 17.1. The van der Waals surface area contributed by atoms with Gasteiger partial charge in [-0.3, -0.25) is 4.79 Å². The van der Waals surface area contributed by atoms with Crippen LogP contribution in [0, 0.1) is 0 Å². The molecule has 2 heterocycles. The molecule has 1 atom stereocenters. The molecular formula is C19H28N2O3. The second-order valence-corrected chi connectivity index (χ2v) is 6.71. The lowest BCUT2D eigenvalue weighted by Crippen LogP contribution is -2.42. The zero-order valence-corrected chi connectivity index (χ0v) is 14.5. The van der Waals surface area contributed by atoms with E-state index in [0.29, 0.717) is 18.6 Å². The minimum Gasteiger partial charge on any atom is -0.497 e. The monoisotopic (exact) mass is 332 g/mol. The van der Waals surface area contributed by atoms with Crippen molar-refractivity contribution in [1.29, 1.82) is 0 Å². The lowest BCUT2D eigenvalue weighted by Gasteiger charge is -2.33. The van der Waals surface area contributed by atoms with Gasteiger partial charge in [-0.25, -0.2) is 0 Å². The Morgan fingerprint density at radius 1 is 1.33 bits per heavy atom. The highest BCUT2D eigenvalue weighted by molar-refractivity contribution is 5.76. The van der Waals surface area contributed by atoms with Crippen molar-refractivity contribution in [2.75, 3.05) is 32.1 Å². The summed E-state index contributed by atoms with van der Waals surface area (Å²) in [6.45, 7) is 2.54. The molecule has 0 saturated carbocycles. The summed E-state index contributed by atoms with van der Waals surface area (Å²) in [5.41, 5.74) is 1.08. The van der Waals surface area contributed by atoms with E-state index in [1.54, 1.807) is 7.11 Å². The maximum absolute atomic E-state index is 12.3. The lowest BCUT2D eigenvalue weighted by atomic mass is 10.0. The first-order valence-corrected chi connectivity index (χ1v) is 9.04. The molecule has 132 valence electrons. The molecule has 3 rings (SSSR count). The van der Waals surface area contributed by atoms with E-state index in [9.17, 15) is 4.79 Å². The van der Waals surface area contributed by atoms with E-state index in [1.807, 2.05) is 23.1 Å². The Kier molecular flexibility index (Phi) is 5.96. The van der Waals surface area contributed by atoms with Crippen LogP contribution in [0.2, 0.25) is 0 Å². The van der Waals surface area contributed by atoms with Crippen molar-refractivity contribution >= 4 is 11.6 Å². The van der Waals surface area contributed by atoms with Gasteiger partial charge in [-0.2, -0.15) is 0 Å². The molecule has 1 aromatic carbocycles. The summed E-state index contributed by atoms with van der Waals surface area (Å²) >= 11 is 0. The van der Waals surface area contributed by atoms with E-state index in [1.165, 1.54) is 0 Å². The van der Waals surface area contributed by atoms with Crippen LogP contribution >= 0.6 is 0 Å². The largest absolute Gasteiger partial charge is 0.497 e. The topological polar surface area (TPSA) is 50.8 Å². The summed E-state index contributed by atoms with van der Waals surface area (Å²) in [7, 11) is 1.68. The predicted molar refractivity (Wildman–Crippen MR) is 94.4 cm³/mol. The predicted octanol–water partition coefficient (Wildman–Crippen LogP) is 3.06. The molecule has 2 aliphatic rings. The SMILES string of the molecule is COc1cccc(NC2CCN(C(=O)CC[C@@H]3CCCO3)CC2)c1. The van der Waals surface area contributed by atoms with Crippen LogP contribution in [0.15, 0.2) is 24.3 Å². The van der Waals surface area contributed by atoms with Crippen molar-refractivity contribution < 1.29 is 14.3 Å². The van der Waals surface area contributed by atoms with Gasteiger partial charge in [0.2, 0.25) is 5.91 Å². The number of anilines is 1. The number of nitrogens with one attached hydrogen (secondary N) is 1. The summed E-state index contributed by atoms with van der Waals surface area (Å²) in [6.07, 6.45) is 6.03. The third-order valence-corrected chi connectivity index (χ3v) is 4.99. The van der Waals surface area contributed by atoms with Crippen LogP contribution in [0.25, 0.3) is 0 Å². The molecule has 2 aliphatic heterocycles. The average molecular weight is 332 g/mol. The minimum atomic E-state index is 0.283. The molecule has 0 unspecified atom stereocenters. The number of rotatable bonds is 6. The normalized spacial score (nSPS) is 21.7. The van der Waals surface area contributed by atoms with Gasteiger partial charge in [0, 0.05) is 43.9 Å². The number of benzene rings is 1. The number of carbonyl (C=O) groups is 1. The maximum atomic E-state index is 12.3. The molecule has 1 aromatic rings. The zero-order valence-electron chi connectivity index (χ0n) is 14.5. The fourth-order valence-corrected chi connectivity index (χ4v) is 3.54. The van der Waals surface area contributed by atoms with Crippen LogP contribution in [0.5, 0.6) is 5.75 Å². The van der Waals surface area contributed by atoms with E-state index < -0.39 is 0 Å². The number of hydrogen-bond donors (Lipinski definition) is 1. The average Bonchev–Trinajstić information content (AvgIpc) is 3.14. The van der Waals surface area contributed by atoms with Gasteiger partial charge < -0.3 is 19.7 Å². The number of likely N-dealkylation sites (tertiary alicyclic amines) is 1. The Bertz CT molecular complexity index is 535. The lowest BCUT2D eigenvalue weighted by molar-refractivity contribution is -0.132. The van der Waals surface area contributed by atoms with Gasteiger partial charge in [0.15, 0.2) is 0 Å². The second kappa shape index (κ2) is 8.38. The van der Waals surface area contributed by atoms with Crippen molar-refractivity contribution in [3.8, 4) is 5.75 Å². The molecule has 24 heavy (non-hydrogen) atoms. The number of ether oxygens (including phenoxy) is 2. The number of piperidine rings is 1. The van der Waals surface area contributed by atoms with Gasteiger partial charge >= 0.3 is 0 Å². The first-order valence-electron chi connectivity index (χ1n) is 9.04. The Balaban J connectivity index is 1.40. The highest BCUT2D eigenvalue weighted by atomic mass is 16.5. The molecular weight excluding hydrogens is 304 g/mol. The number of methoxy groups -OCH3 is 1. The minimum absolute atomic E-state index is 0.283. The molecule has 0 bridgehead atoms. The van der Waals surface area contributed by atoms with E-state index in [4.69, 9.17) is 9.47 Å². The van der Waals surface area contributed by atoms with Gasteiger partial charge in [0.05, 0.1) is 13.2 Å². The summed E-state index contributed by atoms with van der Waals surface area (Å²) < 4.78 is 10.9. The number of nitrogens with zero attached hydrogens (tertiary/aromatic N) is 1. The fourth-order valence-electron chi connectivity index (χ4n) is 3.54. The third-order valence-electron chi connectivity index (χ3n) is 4.99. The van der Waals surface area contributed by atoms with E-state index in [2.05, 4.69) is 11.4 Å². The highest BCUT2D eigenvalue weighted by Crippen LogP contribution is 2.22. The molecule has 2 saturated heterocycles. The molecule has 0 aliphatic carbocycles. The molecule has 1 N–H and O–H groups in total. The van der Waals surface area contributed by atoms with Crippen molar-refractivity contribution in [3.63, 3.8) is 0 Å². The standard InChI is InChI=1S/C19H28N2O3/c1-23-18-5-2-4-16(14-18)20-15-9-11-21(12-10-15)19(22)8-7-17-6-3-13-24-17/h2,4-5,14-15,17,20H,3,6-13H2,1H3/t17-/m0/s1. The van der Waals surface area contributed by atoms with Gasteiger partial charge in [0.25, 0.3) is 0 Å². The quantitative estimate of drug-likeness (QED) is 0.870. The molecule has 0 spiro atoms. The number of amides is 1. The number of carbonyl (C=O) groups excluding carboxylic acids is 1. The molecule has 0 aromatic heterocycles. The van der Waals surface area contributed by atoms with E-state index in [-0.39, 0.29) is 5.91 Å². The van der Waals surface area contributed by atoms with Crippen molar-refractivity contribution in [3.05, 3.63) is 24.3 Å². The van der Waals surface area contributed by atoms with E-state index in [0.717, 1.165) is 63.2 Å². The van der Waals surface area contributed by atoms with Gasteiger partial charge in [-0.15, -0.1) is 0 Å². The van der Waals surface area contributed by atoms with E-state index >= 15 is 0 Å². The van der Waals surface area contributed by atoms with Crippen LogP contribution in [0.4, 0.5) is 5.69 Å². The van der Waals surface area contributed by atoms with Crippen LogP contribution in [-0.4, -0.2) is 49.8 Å². The van der Waals surface area contributed by atoms with Gasteiger partial charge in [-0.05, 0) is 44.2 Å². The first-order chi connectivity index (χ1) is 11.7. The smallest absolute Gasteiger partial charge is 0.222 e. The van der Waals surface area contributed by atoms with Crippen molar-refractivity contribution in [2.24, 2.45) is 0 Å². The van der Waals surface area contributed by atoms with Crippen molar-refractivity contribution in [1.82, 2.24) is 4.90 Å². The van der Waals surface area contributed by atoms with Crippen molar-refractivity contribution in [2.45, 2.75) is 50.7 Å². The summed E-state index contributed by atoms with van der Waals surface area (Å²) in [4.78, 5) is 14.3. The zero-order chi connectivity index (χ0) is 16.8. The van der Waals surface area contributed by atoms with Gasteiger partial charge in [0.1, 0.15) is 5.75 Å². The second-order valence-electron chi connectivity index (χ2n) is 6.71. The van der Waals surface area contributed by atoms with Gasteiger partial charge in [-0.1, -0.05) is 6.07 Å². The molecule has 5 nitrogen and oxygen atoms in total. The molecule has 0 radical (unpaired) electrons. The summed E-state index contributed by atoms with van der Waals surface area (Å²) in [5.74, 6) is 1.15. The molecule has 1 amide bonds. The molecule has 2 fully saturated rings. The maximum Gasteiger partial charge on any atom is 0.222 e. The fraction of sp³-hybridized carbons (Fsp3) is 0.632. The Morgan fingerprint density at radius 3 is 2.88 bits per heavy atom. The van der Waals surface area contributed by atoms with Crippen LogP contribution < -0.4 is 10.1 Å². The summed E-state index contributed by atoms with van der Waals surface area (Å²) in [6, 6.07) is 8.42. The van der Waals surface area contributed by atoms with Crippen LogP contribution in [0.1, 0.15) is 38.5 Å². The number of hydrogen-bond acceptors (Lipinski definition) is 4. The van der Waals surface area contributed by atoms with Crippen LogP contribution in [0.3, 0.4) is 0 Å². The Labute approximate surface area is 144 Å². The Hall–Kier alpha value is -1.75. The third kappa shape index (κ3) is 4.63. The van der Waals surface area contributed by atoms with Crippen LogP contribution in [-0.2, 0) is 9.53 Å². The highest BCUT2D eigenvalue weighted by Gasteiger charge is 2.24.